The van der Waals surface area contributed by atoms with Gasteiger partial charge in [0.1, 0.15) is 12.6 Å². The van der Waals surface area contributed by atoms with E-state index in [0.717, 1.165) is 21.0 Å². The van der Waals surface area contributed by atoms with Crippen LogP contribution >= 0.6 is 11.6 Å². The average molecular weight is 618 g/mol. The van der Waals surface area contributed by atoms with E-state index < -0.39 is 28.5 Å². The number of carbonyl (C=O) groups is 2. The summed E-state index contributed by atoms with van der Waals surface area (Å²) in [5.74, 6) is -0.875. The second-order valence-electron chi connectivity index (χ2n) is 10.3. The van der Waals surface area contributed by atoms with Gasteiger partial charge in [-0.25, -0.2) is 8.42 Å². The molecule has 4 aromatic carbocycles. The molecule has 0 saturated heterocycles. The zero-order chi connectivity index (χ0) is 31.0. The van der Waals surface area contributed by atoms with Crippen LogP contribution in [0.25, 0.3) is 0 Å². The smallest absolute Gasteiger partial charge is 0.264 e. The topological polar surface area (TPSA) is 86.8 Å². The SMILES string of the molecule is CCNC(=O)C(Cc1ccccc1)N(Cc1ccccc1Cl)C(=O)CN(c1ccc(C)c(C)c1)S(=O)(=O)c1ccccc1. The van der Waals surface area contributed by atoms with Gasteiger partial charge in [-0.1, -0.05) is 84.4 Å². The Bertz CT molecular complexity index is 1660. The average Bonchev–Trinajstić information content (AvgIpc) is 3.01. The van der Waals surface area contributed by atoms with Gasteiger partial charge in [0.25, 0.3) is 10.0 Å². The molecule has 4 rings (SSSR count). The fourth-order valence-corrected chi connectivity index (χ4v) is 6.41. The minimum atomic E-state index is -4.15. The van der Waals surface area contributed by atoms with Gasteiger partial charge in [-0.05, 0) is 73.4 Å². The Labute approximate surface area is 259 Å². The molecule has 1 atom stereocenters. The van der Waals surface area contributed by atoms with Gasteiger partial charge in [-0.2, -0.15) is 0 Å². The van der Waals surface area contributed by atoms with Crippen molar-refractivity contribution < 1.29 is 18.0 Å². The van der Waals surface area contributed by atoms with Crippen molar-refractivity contribution in [2.45, 2.75) is 44.7 Å². The number of hydrogen-bond donors (Lipinski definition) is 1. The highest BCUT2D eigenvalue weighted by Gasteiger charge is 2.34. The molecule has 7 nitrogen and oxygen atoms in total. The molecule has 224 valence electrons. The summed E-state index contributed by atoms with van der Waals surface area (Å²) in [6.07, 6.45) is 0.234. The fraction of sp³-hybridized carbons (Fsp3) is 0.235. The van der Waals surface area contributed by atoms with Crippen LogP contribution in [-0.2, 0) is 32.6 Å². The van der Waals surface area contributed by atoms with Crippen molar-refractivity contribution in [3.8, 4) is 0 Å². The van der Waals surface area contributed by atoms with Crippen molar-refractivity contribution in [2.24, 2.45) is 0 Å². The second kappa shape index (κ2) is 14.4. The number of likely N-dealkylation sites (N-methyl/N-ethyl adjacent to an activating group) is 1. The van der Waals surface area contributed by atoms with E-state index in [1.165, 1.54) is 17.0 Å². The van der Waals surface area contributed by atoms with Gasteiger partial charge < -0.3 is 10.2 Å². The first-order chi connectivity index (χ1) is 20.6. The number of nitrogens with one attached hydrogen (secondary N) is 1. The molecule has 0 saturated carbocycles. The van der Waals surface area contributed by atoms with Crippen LogP contribution in [0, 0.1) is 13.8 Å². The Morgan fingerprint density at radius 1 is 0.837 bits per heavy atom. The fourth-order valence-electron chi connectivity index (χ4n) is 4.79. The highest BCUT2D eigenvalue weighted by atomic mass is 35.5. The van der Waals surface area contributed by atoms with Crippen LogP contribution in [0.3, 0.4) is 0 Å². The lowest BCUT2D eigenvalue weighted by Gasteiger charge is -2.34. The predicted molar refractivity (Wildman–Crippen MR) is 172 cm³/mol. The summed E-state index contributed by atoms with van der Waals surface area (Å²) in [7, 11) is -4.15. The van der Waals surface area contributed by atoms with E-state index in [-0.39, 0.29) is 23.8 Å². The third kappa shape index (κ3) is 7.83. The number of aryl methyl sites for hydroxylation is 2. The Morgan fingerprint density at radius 3 is 2.09 bits per heavy atom. The normalized spacial score (nSPS) is 11.9. The molecule has 0 spiro atoms. The first kappa shape index (κ1) is 31.8. The van der Waals surface area contributed by atoms with Crippen molar-refractivity contribution in [3.05, 3.63) is 130 Å². The van der Waals surface area contributed by atoms with E-state index in [4.69, 9.17) is 11.6 Å². The molecule has 0 radical (unpaired) electrons. The second-order valence-corrected chi connectivity index (χ2v) is 12.6. The van der Waals surface area contributed by atoms with Crippen LogP contribution in [0.5, 0.6) is 0 Å². The van der Waals surface area contributed by atoms with Crippen molar-refractivity contribution >= 4 is 39.1 Å². The van der Waals surface area contributed by atoms with Crippen molar-refractivity contribution in [1.29, 1.82) is 0 Å². The lowest BCUT2D eigenvalue weighted by Crippen LogP contribution is -2.53. The van der Waals surface area contributed by atoms with Gasteiger partial charge in [0.2, 0.25) is 11.8 Å². The van der Waals surface area contributed by atoms with Crippen molar-refractivity contribution in [2.75, 3.05) is 17.4 Å². The number of amides is 2. The third-order valence-electron chi connectivity index (χ3n) is 7.31. The minimum Gasteiger partial charge on any atom is -0.355 e. The zero-order valence-electron chi connectivity index (χ0n) is 24.5. The van der Waals surface area contributed by atoms with E-state index in [1.807, 2.05) is 63.2 Å². The molecule has 2 amide bonds. The number of anilines is 1. The maximum Gasteiger partial charge on any atom is 0.264 e. The number of hydrogen-bond acceptors (Lipinski definition) is 4. The first-order valence-electron chi connectivity index (χ1n) is 14.1. The molecule has 1 N–H and O–H groups in total. The van der Waals surface area contributed by atoms with E-state index in [9.17, 15) is 18.0 Å². The van der Waals surface area contributed by atoms with Crippen LogP contribution in [0.2, 0.25) is 5.02 Å². The summed E-state index contributed by atoms with van der Waals surface area (Å²) < 4.78 is 29.2. The highest BCUT2D eigenvalue weighted by Crippen LogP contribution is 2.27. The van der Waals surface area contributed by atoms with Gasteiger partial charge in [-0.3, -0.25) is 13.9 Å². The van der Waals surface area contributed by atoms with Gasteiger partial charge in [-0.15, -0.1) is 0 Å². The van der Waals surface area contributed by atoms with Crippen LogP contribution in [0.15, 0.2) is 108 Å². The third-order valence-corrected chi connectivity index (χ3v) is 9.47. The molecular formula is C34H36ClN3O4S. The van der Waals surface area contributed by atoms with Crippen LogP contribution in [-0.4, -0.2) is 44.3 Å². The van der Waals surface area contributed by atoms with Gasteiger partial charge >= 0.3 is 0 Å². The quantitative estimate of drug-likeness (QED) is 0.214. The number of rotatable bonds is 12. The van der Waals surface area contributed by atoms with E-state index in [0.29, 0.717) is 22.8 Å². The van der Waals surface area contributed by atoms with Crippen molar-refractivity contribution in [1.82, 2.24) is 10.2 Å². The minimum absolute atomic E-state index is 0.0132. The summed E-state index contributed by atoms with van der Waals surface area (Å²) in [5, 5.41) is 3.30. The van der Waals surface area contributed by atoms with Gasteiger partial charge in [0.15, 0.2) is 0 Å². The summed E-state index contributed by atoms with van der Waals surface area (Å²) in [6.45, 7) is 5.50. The molecule has 0 fully saturated rings. The lowest BCUT2D eigenvalue weighted by molar-refractivity contribution is -0.140. The number of nitrogens with zero attached hydrogens (tertiary/aromatic N) is 2. The monoisotopic (exact) mass is 617 g/mol. The summed E-state index contributed by atoms with van der Waals surface area (Å²) in [4.78, 5) is 29.5. The molecule has 0 aliphatic heterocycles. The van der Waals surface area contributed by atoms with E-state index >= 15 is 0 Å². The standard InChI is InChI=1S/C34H36ClN3O4S/c1-4-36-34(40)32(22-27-13-7-5-8-14-27)37(23-28-15-11-12-18-31(28)35)33(39)24-38(29-20-19-25(2)26(3)21-29)43(41,42)30-16-9-6-10-17-30/h5-21,32H,4,22-24H2,1-3H3,(H,36,40). The van der Waals surface area contributed by atoms with Gasteiger partial charge in [0.05, 0.1) is 10.6 Å². The van der Waals surface area contributed by atoms with Crippen molar-refractivity contribution in [3.63, 3.8) is 0 Å². The largest absolute Gasteiger partial charge is 0.355 e. The molecule has 0 aliphatic carbocycles. The van der Waals surface area contributed by atoms with E-state index in [1.54, 1.807) is 48.5 Å². The molecule has 1 unspecified atom stereocenters. The Balaban J connectivity index is 1.81. The maximum absolute atomic E-state index is 14.4. The van der Waals surface area contributed by atoms with Crippen LogP contribution in [0.1, 0.15) is 29.2 Å². The van der Waals surface area contributed by atoms with E-state index in [2.05, 4.69) is 5.32 Å². The predicted octanol–water partition coefficient (Wildman–Crippen LogP) is 5.93. The lowest BCUT2D eigenvalue weighted by atomic mass is 10.0. The number of halogens is 1. The Morgan fingerprint density at radius 2 is 1.47 bits per heavy atom. The molecule has 9 heteroatoms. The van der Waals surface area contributed by atoms with Gasteiger partial charge in [0, 0.05) is 24.5 Å². The maximum atomic E-state index is 14.4. The van der Waals surface area contributed by atoms with Crippen LogP contribution < -0.4 is 9.62 Å². The molecule has 0 aromatic heterocycles. The number of carbonyl (C=O) groups excluding carboxylic acids is 2. The highest BCUT2D eigenvalue weighted by molar-refractivity contribution is 7.92. The molecule has 4 aromatic rings. The molecule has 0 heterocycles. The number of sulfonamides is 1. The molecule has 43 heavy (non-hydrogen) atoms. The summed E-state index contributed by atoms with van der Waals surface area (Å²) in [5.41, 5.74) is 3.74. The first-order valence-corrected chi connectivity index (χ1v) is 15.9. The summed E-state index contributed by atoms with van der Waals surface area (Å²) >= 11 is 6.52. The molecule has 0 bridgehead atoms. The number of benzene rings is 4. The Kier molecular flexibility index (Phi) is 10.6. The summed E-state index contributed by atoms with van der Waals surface area (Å²) in [6, 6.07) is 28.9. The van der Waals surface area contributed by atoms with Crippen LogP contribution in [0.4, 0.5) is 5.69 Å². The Hall–Kier alpha value is -4.14. The zero-order valence-corrected chi connectivity index (χ0v) is 26.1. The molecular weight excluding hydrogens is 582 g/mol. The molecule has 0 aliphatic rings.